The number of halogens is 1. The monoisotopic (exact) mass is 427 g/mol. The number of hydrogen-bond acceptors (Lipinski definition) is 3. The number of aromatic nitrogens is 2. The lowest BCUT2D eigenvalue weighted by Gasteiger charge is -2.23. The molecule has 0 fully saturated rings. The third-order valence-electron chi connectivity index (χ3n) is 5.03. The van der Waals surface area contributed by atoms with Crippen molar-refractivity contribution >= 4 is 5.91 Å². The predicted octanol–water partition coefficient (Wildman–Crippen LogP) is 4.27. The van der Waals surface area contributed by atoms with Gasteiger partial charge in [-0.2, -0.15) is 5.10 Å². The highest BCUT2D eigenvalue weighted by atomic mass is 19.1. The Kier molecular flexibility index (Phi) is 6.51. The SMILES string of the molecule is O=C(c1ccc(=O)n(Cc2cccc(F)c2)n1)N(Cc1ccccc1)Cc1ccccc1. The van der Waals surface area contributed by atoms with E-state index in [0.29, 0.717) is 18.7 Å². The number of benzene rings is 3. The summed E-state index contributed by atoms with van der Waals surface area (Å²) in [6.07, 6.45) is 0. The van der Waals surface area contributed by atoms with Crippen LogP contribution in [-0.2, 0) is 19.6 Å². The van der Waals surface area contributed by atoms with Crippen molar-refractivity contribution in [2.75, 3.05) is 0 Å². The molecule has 0 saturated carbocycles. The largest absolute Gasteiger partial charge is 0.329 e. The average molecular weight is 427 g/mol. The first-order chi connectivity index (χ1) is 15.6. The first-order valence-electron chi connectivity index (χ1n) is 10.3. The maximum atomic E-state index is 13.5. The number of carbonyl (C=O) groups excluding carboxylic acids is 1. The van der Waals surface area contributed by atoms with Crippen molar-refractivity contribution in [2.24, 2.45) is 0 Å². The number of carbonyl (C=O) groups is 1. The zero-order chi connectivity index (χ0) is 22.3. The van der Waals surface area contributed by atoms with E-state index in [0.717, 1.165) is 11.1 Å². The Hall–Kier alpha value is -4.06. The Balaban J connectivity index is 1.63. The summed E-state index contributed by atoms with van der Waals surface area (Å²) in [7, 11) is 0. The molecule has 4 aromatic rings. The molecular formula is C26H22FN3O2. The second-order valence-electron chi connectivity index (χ2n) is 7.48. The van der Waals surface area contributed by atoms with Gasteiger partial charge in [0, 0.05) is 19.2 Å². The fourth-order valence-electron chi connectivity index (χ4n) is 3.45. The van der Waals surface area contributed by atoms with Gasteiger partial charge in [0.1, 0.15) is 11.5 Å². The molecule has 4 rings (SSSR count). The van der Waals surface area contributed by atoms with E-state index < -0.39 is 0 Å². The molecule has 0 aliphatic rings. The van der Waals surface area contributed by atoms with Crippen molar-refractivity contribution in [2.45, 2.75) is 19.6 Å². The lowest BCUT2D eigenvalue weighted by molar-refractivity contribution is 0.0721. The fraction of sp³-hybridized carbons (Fsp3) is 0.115. The highest BCUT2D eigenvalue weighted by Gasteiger charge is 2.19. The molecule has 32 heavy (non-hydrogen) atoms. The van der Waals surface area contributed by atoms with Crippen molar-refractivity contribution in [1.82, 2.24) is 14.7 Å². The smallest absolute Gasteiger partial charge is 0.274 e. The third-order valence-corrected chi connectivity index (χ3v) is 5.03. The van der Waals surface area contributed by atoms with Crippen LogP contribution in [0.4, 0.5) is 4.39 Å². The van der Waals surface area contributed by atoms with Crippen molar-refractivity contribution in [3.8, 4) is 0 Å². The Morgan fingerprint density at radius 1 is 0.781 bits per heavy atom. The van der Waals surface area contributed by atoms with E-state index in [1.165, 1.54) is 28.9 Å². The van der Waals surface area contributed by atoms with E-state index in [1.807, 2.05) is 60.7 Å². The van der Waals surface area contributed by atoms with E-state index in [-0.39, 0.29) is 29.5 Å². The van der Waals surface area contributed by atoms with Crippen molar-refractivity contribution < 1.29 is 9.18 Å². The molecule has 0 spiro atoms. The Morgan fingerprint density at radius 3 is 1.97 bits per heavy atom. The molecule has 0 N–H and O–H groups in total. The van der Waals surface area contributed by atoms with E-state index in [4.69, 9.17) is 0 Å². The van der Waals surface area contributed by atoms with Crippen molar-refractivity contribution in [3.05, 3.63) is 136 Å². The van der Waals surface area contributed by atoms with Crippen LogP contribution in [0.2, 0.25) is 0 Å². The Bertz CT molecular complexity index is 1220. The van der Waals surface area contributed by atoms with Gasteiger partial charge in [-0.25, -0.2) is 9.07 Å². The summed E-state index contributed by atoms with van der Waals surface area (Å²) in [5, 5.41) is 4.29. The molecule has 0 unspecified atom stereocenters. The number of amides is 1. The van der Waals surface area contributed by atoms with Gasteiger partial charge >= 0.3 is 0 Å². The van der Waals surface area contributed by atoms with E-state index in [2.05, 4.69) is 5.10 Å². The van der Waals surface area contributed by atoms with Gasteiger partial charge in [0.25, 0.3) is 11.5 Å². The van der Waals surface area contributed by atoms with Gasteiger partial charge in [0.15, 0.2) is 0 Å². The zero-order valence-corrected chi connectivity index (χ0v) is 17.4. The van der Waals surface area contributed by atoms with Crippen LogP contribution in [0.15, 0.2) is 102 Å². The van der Waals surface area contributed by atoms with Crippen LogP contribution in [0.5, 0.6) is 0 Å². The van der Waals surface area contributed by atoms with E-state index in [1.54, 1.807) is 17.0 Å². The molecular weight excluding hydrogens is 405 g/mol. The summed E-state index contributed by atoms with van der Waals surface area (Å²) >= 11 is 0. The molecule has 0 aliphatic carbocycles. The van der Waals surface area contributed by atoms with Crippen LogP contribution >= 0.6 is 0 Å². The molecule has 1 aromatic heterocycles. The highest BCUT2D eigenvalue weighted by Crippen LogP contribution is 2.13. The topological polar surface area (TPSA) is 55.2 Å². The molecule has 160 valence electrons. The Morgan fingerprint density at radius 2 is 1.38 bits per heavy atom. The van der Waals surface area contributed by atoms with Gasteiger partial charge in [0.05, 0.1) is 6.54 Å². The molecule has 1 amide bonds. The predicted molar refractivity (Wildman–Crippen MR) is 120 cm³/mol. The number of nitrogens with zero attached hydrogens (tertiary/aromatic N) is 3. The minimum atomic E-state index is -0.389. The number of hydrogen-bond donors (Lipinski definition) is 0. The van der Waals surface area contributed by atoms with E-state index >= 15 is 0 Å². The summed E-state index contributed by atoms with van der Waals surface area (Å²) in [4.78, 5) is 27.4. The van der Waals surface area contributed by atoms with Crippen molar-refractivity contribution in [1.29, 1.82) is 0 Å². The molecule has 0 radical (unpaired) electrons. The number of rotatable bonds is 7. The lowest BCUT2D eigenvalue weighted by Crippen LogP contribution is -2.33. The molecule has 0 bridgehead atoms. The molecule has 0 saturated heterocycles. The molecule has 6 heteroatoms. The maximum absolute atomic E-state index is 13.5. The third kappa shape index (κ3) is 5.35. The van der Waals surface area contributed by atoms with Gasteiger partial charge in [-0.1, -0.05) is 72.8 Å². The maximum Gasteiger partial charge on any atom is 0.274 e. The Labute approximate surface area is 185 Å². The van der Waals surface area contributed by atoms with Crippen LogP contribution in [0.1, 0.15) is 27.2 Å². The highest BCUT2D eigenvalue weighted by molar-refractivity contribution is 5.92. The van der Waals surface area contributed by atoms with Gasteiger partial charge in [-0.15, -0.1) is 0 Å². The van der Waals surface area contributed by atoms with Crippen LogP contribution in [0.25, 0.3) is 0 Å². The fourth-order valence-corrected chi connectivity index (χ4v) is 3.45. The summed E-state index contributed by atoms with van der Waals surface area (Å²) in [5.74, 6) is -0.676. The normalized spacial score (nSPS) is 10.7. The molecule has 0 aliphatic heterocycles. The minimum Gasteiger partial charge on any atom is -0.329 e. The first kappa shape index (κ1) is 21.2. The molecule has 1 heterocycles. The van der Waals surface area contributed by atoms with Crippen LogP contribution < -0.4 is 5.56 Å². The summed E-state index contributed by atoms with van der Waals surface area (Å²) in [6, 6.07) is 28.2. The lowest BCUT2D eigenvalue weighted by atomic mass is 10.1. The molecule has 3 aromatic carbocycles. The second-order valence-corrected chi connectivity index (χ2v) is 7.48. The van der Waals surface area contributed by atoms with Crippen LogP contribution in [0, 0.1) is 5.82 Å². The summed E-state index contributed by atoms with van der Waals surface area (Å²) < 4.78 is 14.7. The van der Waals surface area contributed by atoms with Crippen LogP contribution in [-0.4, -0.2) is 20.6 Å². The van der Waals surface area contributed by atoms with Gasteiger partial charge in [-0.05, 0) is 34.9 Å². The van der Waals surface area contributed by atoms with E-state index in [9.17, 15) is 14.0 Å². The zero-order valence-electron chi connectivity index (χ0n) is 17.4. The molecule has 5 nitrogen and oxygen atoms in total. The van der Waals surface area contributed by atoms with Gasteiger partial charge in [-0.3, -0.25) is 9.59 Å². The quantitative estimate of drug-likeness (QED) is 0.443. The van der Waals surface area contributed by atoms with Gasteiger partial charge < -0.3 is 4.90 Å². The standard InChI is InChI=1S/C26H22FN3O2/c27-23-13-7-12-22(16-23)19-30-25(31)15-14-24(28-30)26(32)29(17-20-8-3-1-4-9-20)18-21-10-5-2-6-11-21/h1-16H,17-19H2. The second kappa shape index (κ2) is 9.83. The summed E-state index contributed by atoms with van der Waals surface area (Å²) in [5.41, 5.74) is 2.38. The average Bonchev–Trinajstić information content (AvgIpc) is 2.81. The summed E-state index contributed by atoms with van der Waals surface area (Å²) in [6.45, 7) is 0.883. The van der Waals surface area contributed by atoms with Gasteiger partial charge in [0.2, 0.25) is 0 Å². The molecule has 0 atom stereocenters. The first-order valence-corrected chi connectivity index (χ1v) is 10.3. The van der Waals surface area contributed by atoms with Crippen molar-refractivity contribution in [3.63, 3.8) is 0 Å². The minimum absolute atomic E-state index is 0.0785. The van der Waals surface area contributed by atoms with Crippen LogP contribution in [0.3, 0.4) is 0 Å².